The Morgan fingerprint density at radius 2 is 2.11 bits per heavy atom. The molecule has 0 aliphatic heterocycles. The van der Waals surface area contributed by atoms with Crippen LogP contribution in [0.25, 0.3) is 0 Å². The van der Waals surface area contributed by atoms with Crippen LogP contribution >= 0.6 is 0 Å². The van der Waals surface area contributed by atoms with Gasteiger partial charge in [0.1, 0.15) is 0 Å². The van der Waals surface area contributed by atoms with Crippen LogP contribution < -0.4 is 0 Å². The van der Waals surface area contributed by atoms with E-state index in [-0.39, 0.29) is 11.7 Å². The van der Waals surface area contributed by atoms with E-state index in [0.29, 0.717) is 0 Å². The number of aromatic carboxylic acids is 1. The minimum atomic E-state index is -0.982. The van der Waals surface area contributed by atoms with Gasteiger partial charge in [-0.05, 0) is 25.3 Å². The minimum absolute atomic E-state index is 0.0987. The van der Waals surface area contributed by atoms with E-state index in [1.807, 2.05) is 22.8 Å². The molecule has 1 aromatic heterocycles. The molecule has 0 spiro atoms. The second kappa shape index (κ2) is 5.49. The molecular formula is C14H16N2O2. The largest absolute Gasteiger partial charge is 0.476 e. The van der Waals surface area contributed by atoms with E-state index in [1.54, 1.807) is 12.5 Å². The lowest BCUT2D eigenvalue weighted by Gasteiger charge is -2.12. The molecule has 0 radical (unpaired) electrons. The Morgan fingerprint density at radius 1 is 1.39 bits per heavy atom. The van der Waals surface area contributed by atoms with Crippen molar-refractivity contribution in [2.24, 2.45) is 0 Å². The monoisotopic (exact) mass is 244 g/mol. The number of aromatic nitrogens is 2. The Kier molecular flexibility index (Phi) is 3.77. The van der Waals surface area contributed by atoms with Crippen LogP contribution in [-0.4, -0.2) is 20.6 Å². The number of hydrogen-bond acceptors (Lipinski definition) is 2. The molecule has 2 aromatic rings. The van der Waals surface area contributed by atoms with Crippen molar-refractivity contribution in [1.82, 2.24) is 9.55 Å². The predicted molar refractivity (Wildman–Crippen MR) is 68.7 cm³/mol. The summed E-state index contributed by atoms with van der Waals surface area (Å²) >= 11 is 0. The van der Waals surface area contributed by atoms with Crippen molar-refractivity contribution in [2.75, 3.05) is 0 Å². The summed E-state index contributed by atoms with van der Waals surface area (Å²) in [4.78, 5) is 14.6. The number of benzene rings is 1. The third-order valence-corrected chi connectivity index (χ3v) is 3.02. The Hall–Kier alpha value is -2.10. The summed E-state index contributed by atoms with van der Waals surface area (Å²) < 4.78 is 1.85. The van der Waals surface area contributed by atoms with Gasteiger partial charge in [-0.1, -0.05) is 30.3 Å². The highest BCUT2D eigenvalue weighted by atomic mass is 16.4. The second-order valence-corrected chi connectivity index (χ2v) is 4.38. The van der Waals surface area contributed by atoms with Crippen LogP contribution in [0.15, 0.2) is 42.9 Å². The topological polar surface area (TPSA) is 55.1 Å². The van der Waals surface area contributed by atoms with Gasteiger partial charge in [-0.3, -0.25) is 0 Å². The van der Waals surface area contributed by atoms with E-state index in [0.717, 1.165) is 12.8 Å². The first-order chi connectivity index (χ1) is 8.66. The molecule has 18 heavy (non-hydrogen) atoms. The van der Waals surface area contributed by atoms with Gasteiger partial charge in [0.05, 0.1) is 6.33 Å². The van der Waals surface area contributed by atoms with Crippen molar-refractivity contribution < 1.29 is 9.90 Å². The van der Waals surface area contributed by atoms with Crippen LogP contribution in [0.1, 0.15) is 35.4 Å². The molecule has 1 N–H and O–H groups in total. The Morgan fingerprint density at radius 3 is 2.72 bits per heavy atom. The summed E-state index contributed by atoms with van der Waals surface area (Å²) in [5.74, 6) is -0.982. The maximum absolute atomic E-state index is 10.7. The highest BCUT2D eigenvalue weighted by Crippen LogP contribution is 2.15. The minimum Gasteiger partial charge on any atom is -0.476 e. The summed E-state index contributed by atoms with van der Waals surface area (Å²) in [7, 11) is 0. The van der Waals surface area contributed by atoms with Crippen molar-refractivity contribution in [3.8, 4) is 0 Å². The lowest BCUT2D eigenvalue weighted by atomic mass is 10.1. The van der Waals surface area contributed by atoms with E-state index in [1.165, 1.54) is 5.56 Å². The molecule has 0 aliphatic rings. The van der Waals surface area contributed by atoms with Crippen LogP contribution in [0, 0.1) is 0 Å². The summed E-state index contributed by atoms with van der Waals surface area (Å²) in [6.45, 7) is 2.07. The number of carbonyl (C=O) groups is 1. The number of imidazole rings is 1. The van der Waals surface area contributed by atoms with Gasteiger partial charge < -0.3 is 9.67 Å². The average Bonchev–Trinajstić information content (AvgIpc) is 2.87. The Bertz CT molecular complexity index is 520. The smallest absolute Gasteiger partial charge is 0.356 e. The molecule has 94 valence electrons. The van der Waals surface area contributed by atoms with Crippen molar-refractivity contribution in [3.05, 3.63) is 54.1 Å². The van der Waals surface area contributed by atoms with E-state index >= 15 is 0 Å². The van der Waals surface area contributed by atoms with Gasteiger partial charge in [0.15, 0.2) is 5.69 Å². The maximum atomic E-state index is 10.7. The maximum Gasteiger partial charge on any atom is 0.356 e. The van der Waals surface area contributed by atoms with E-state index in [2.05, 4.69) is 24.0 Å². The molecule has 0 saturated heterocycles. The molecule has 0 amide bonds. The predicted octanol–water partition coefficient (Wildman–Crippen LogP) is 2.78. The van der Waals surface area contributed by atoms with Crippen LogP contribution in [0.2, 0.25) is 0 Å². The molecule has 2 rings (SSSR count). The fourth-order valence-electron chi connectivity index (χ4n) is 1.86. The van der Waals surface area contributed by atoms with Crippen LogP contribution in [0.4, 0.5) is 0 Å². The zero-order valence-corrected chi connectivity index (χ0v) is 10.3. The van der Waals surface area contributed by atoms with Gasteiger partial charge in [0, 0.05) is 12.2 Å². The van der Waals surface area contributed by atoms with Gasteiger partial charge >= 0.3 is 5.97 Å². The summed E-state index contributed by atoms with van der Waals surface area (Å²) in [5, 5.41) is 8.81. The molecule has 4 nitrogen and oxygen atoms in total. The number of nitrogens with zero attached hydrogens (tertiary/aromatic N) is 2. The first-order valence-electron chi connectivity index (χ1n) is 5.97. The molecule has 0 fully saturated rings. The normalized spacial score (nSPS) is 12.3. The van der Waals surface area contributed by atoms with Crippen molar-refractivity contribution in [2.45, 2.75) is 25.8 Å². The zero-order chi connectivity index (χ0) is 13.0. The number of rotatable bonds is 5. The highest BCUT2D eigenvalue weighted by molar-refractivity contribution is 5.84. The Labute approximate surface area is 106 Å². The molecule has 1 atom stereocenters. The standard InChI is InChI=1S/C14H16N2O2/c1-11(7-8-12-5-3-2-4-6-12)16-9-13(14(17)18)15-10-16/h2-6,9-11H,7-8H2,1H3,(H,17,18)/t11-/m0/s1. The fourth-order valence-corrected chi connectivity index (χ4v) is 1.86. The van der Waals surface area contributed by atoms with Gasteiger partial charge in [0.25, 0.3) is 0 Å². The molecule has 4 heteroatoms. The number of carboxylic acids is 1. The van der Waals surface area contributed by atoms with Gasteiger partial charge in [0.2, 0.25) is 0 Å². The first-order valence-corrected chi connectivity index (χ1v) is 5.97. The van der Waals surface area contributed by atoms with E-state index in [9.17, 15) is 4.79 Å². The number of hydrogen-bond donors (Lipinski definition) is 1. The summed E-state index contributed by atoms with van der Waals surface area (Å²) in [6, 6.07) is 10.5. The van der Waals surface area contributed by atoms with Crippen LogP contribution in [0.5, 0.6) is 0 Å². The van der Waals surface area contributed by atoms with E-state index < -0.39 is 5.97 Å². The van der Waals surface area contributed by atoms with Crippen molar-refractivity contribution >= 4 is 5.97 Å². The third kappa shape index (κ3) is 2.97. The van der Waals surface area contributed by atoms with Gasteiger partial charge in [-0.2, -0.15) is 0 Å². The summed E-state index contributed by atoms with van der Waals surface area (Å²) in [5.41, 5.74) is 1.39. The lowest BCUT2D eigenvalue weighted by Crippen LogP contribution is -2.04. The summed E-state index contributed by atoms with van der Waals surface area (Å²) in [6.07, 6.45) is 5.10. The first kappa shape index (κ1) is 12.4. The third-order valence-electron chi connectivity index (χ3n) is 3.02. The molecule has 1 heterocycles. The van der Waals surface area contributed by atoms with Gasteiger partial charge in [-0.15, -0.1) is 0 Å². The SMILES string of the molecule is C[C@@H](CCc1ccccc1)n1cnc(C(=O)O)c1. The molecule has 0 bridgehead atoms. The highest BCUT2D eigenvalue weighted by Gasteiger charge is 2.10. The van der Waals surface area contributed by atoms with Gasteiger partial charge in [-0.25, -0.2) is 9.78 Å². The molecule has 1 aromatic carbocycles. The molecular weight excluding hydrogens is 228 g/mol. The average molecular weight is 244 g/mol. The van der Waals surface area contributed by atoms with Crippen LogP contribution in [0.3, 0.4) is 0 Å². The quantitative estimate of drug-likeness (QED) is 0.879. The molecule has 0 saturated carbocycles. The van der Waals surface area contributed by atoms with Crippen molar-refractivity contribution in [3.63, 3.8) is 0 Å². The molecule has 0 unspecified atom stereocenters. The lowest BCUT2D eigenvalue weighted by molar-refractivity contribution is 0.0691. The fraction of sp³-hybridized carbons (Fsp3) is 0.286. The number of aryl methyl sites for hydroxylation is 1. The van der Waals surface area contributed by atoms with Crippen molar-refractivity contribution in [1.29, 1.82) is 0 Å². The second-order valence-electron chi connectivity index (χ2n) is 4.38. The number of carboxylic acid groups (broad SMARTS) is 1. The Balaban J connectivity index is 1.95. The van der Waals surface area contributed by atoms with Crippen LogP contribution in [-0.2, 0) is 6.42 Å². The van der Waals surface area contributed by atoms with E-state index in [4.69, 9.17) is 5.11 Å². The zero-order valence-electron chi connectivity index (χ0n) is 10.3. The molecule has 0 aliphatic carbocycles.